The number of hydrogen-bond acceptors (Lipinski definition) is 10. The lowest BCUT2D eigenvalue weighted by Gasteiger charge is -2.19. The molecular weight excluding hydrogens is 447 g/mol. The third-order valence-corrected chi connectivity index (χ3v) is 6.47. The van der Waals surface area contributed by atoms with Crippen molar-refractivity contribution in [3.63, 3.8) is 0 Å². The quantitative estimate of drug-likeness (QED) is 0.108. The first-order chi connectivity index (χ1) is 13.5. The van der Waals surface area contributed by atoms with Crippen LogP contribution in [0.4, 0.5) is 0 Å². The average Bonchev–Trinajstić information content (AvgIpc) is 2.69. The zero-order chi connectivity index (χ0) is 21.0. The number of nitrogens with one attached hydrogen (secondary N) is 1. The third kappa shape index (κ3) is 20.8. The van der Waals surface area contributed by atoms with Gasteiger partial charge in [-0.15, -0.1) is 0 Å². The Hall–Kier alpha value is 1.55. The predicted octanol–water partition coefficient (Wildman–Crippen LogP) is 4.15. The molecular formula is C18H43N5S5. The van der Waals surface area contributed by atoms with Crippen LogP contribution in [0.5, 0.6) is 0 Å². The maximum Gasteiger partial charge on any atom is 0.00874 e. The number of thiol groups is 5. The van der Waals surface area contributed by atoms with Gasteiger partial charge in [-0.2, -0.15) is 0 Å². The zero-order valence-electron chi connectivity index (χ0n) is 17.5. The summed E-state index contributed by atoms with van der Waals surface area (Å²) < 4.78 is 11.3. The van der Waals surface area contributed by atoms with Crippen molar-refractivity contribution in [1.29, 1.82) is 0 Å². The summed E-state index contributed by atoms with van der Waals surface area (Å²) in [4.78, 5) is 0. The SMILES string of the molecule is CCN(S)CCCCN(S)CCCCN(S)CCCCN(S)CCCCNS. The molecule has 0 spiro atoms. The van der Waals surface area contributed by atoms with E-state index in [0.717, 1.165) is 84.6 Å². The summed E-state index contributed by atoms with van der Waals surface area (Å²) in [6.07, 6.45) is 9.31. The Morgan fingerprint density at radius 3 is 1.07 bits per heavy atom. The highest BCUT2D eigenvalue weighted by atomic mass is 32.1. The first kappa shape index (κ1) is 29.5. The van der Waals surface area contributed by atoms with Gasteiger partial charge in [-0.25, -0.2) is 0 Å². The van der Waals surface area contributed by atoms with Crippen molar-refractivity contribution in [3.05, 3.63) is 0 Å². The number of rotatable bonds is 21. The van der Waals surface area contributed by atoms with Crippen LogP contribution in [-0.2, 0) is 0 Å². The molecule has 170 valence electrons. The highest BCUT2D eigenvalue weighted by molar-refractivity contribution is 7.78. The van der Waals surface area contributed by atoms with Gasteiger partial charge in [0, 0.05) is 58.9 Å². The number of hydrogen-bond donors (Lipinski definition) is 6. The van der Waals surface area contributed by atoms with E-state index in [1.807, 2.05) is 0 Å². The van der Waals surface area contributed by atoms with E-state index in [2.05, 4.69) is 92.9 Å². The van der Waals surface area contributed by atoms with E-state index in [1.54, 1.807) is 0 Å². The van der Waals surface area contributed by atoms with Crippen LogP contribution in [0, 0.1) is 0 Å². The summed E-state index contributed by atoms with van der Waals surface area (Å²) in [6.45, 7) is 11.4. The van der Waals surface area contributed by atoms with Crippen molar-refractivity contribution in [2.45, 2.75) is 58.3 Å². The lowest BCUT2D eigenvalue weighted by molar-refractivity contribution is 0.385. The molecule has 5 nitrogen and oxygen atoms in total. The molecule has 0 rings (SSSR count). The van der Waals surface area contributed by atoms with Crippen LogP contribution in [0.15, 0.2) is 0 Å². The average molecular weight is 490 g/mol. The van der Waals surface area contributed by atoms with Crippen molar-refractivity contribution < 1.29 is 0 Å². The van der Waals surface area contributed by atoms with E-state index in [-0.39, 0.29) is 0 Å². The van der Waals surface area contributed by atoms with Crippen LogP contribution >= 0.6 is 64.1 Å². The number of unbranched alkanes of at least 4 members (excludes halogenated alkanes) is 4. The summed E-state index contributed by atoms with van der Waals surface area (Å²) in [7, 11) is 0. The normalized spacial score (nSPS) is 12.2. The predicted molar refractivity (Wildman–Crippen MR) is 142 cm³/mol. The molecule has 0 atom stereocenters. The third-order valence-electron chi connectivity index (χ3n) is 4.57. The fourth-order valence-corrected chi connectivity index (χ4v) is 3.91. The molecule has 0 unspecified atom stereocenters. The van der Waals surface area contributed by atoms with Crippen molar-refractivity contribution in [2.24, 2.45) is 0 Å². The Bertz CT molecular complexity index is 331. The fourth-order valence-electron chi connectivity index (χ4n) is 2.76. The Labute approximate surface area is 202 Å². The summed E-state index contributed by atoms with van der Waals surface area (Å²) in [5, 5.41) is 0. The van der Waals surface area contributed by atoms with Gasteiger partial charge in [0.05, 0.1) is 0 Å². The molecule has 10 heteroatoms. The van der Waals surface area contributed by atoms with Gasteiger partial charge in [0.15, 0.2) is 0 Å². The van der Waals surface area contributed by atoms with Crippen LogP contribution in [0.2, 0.25) is 0 Å². The van der Waals surface area contributed by atoms with Gasteiger partial charge >= 0.3 is 0 Å². The Kier molecular flexibility index (Phi) is 23.0. The first-order valence-electron chi connectivity index (χ1n) is 10.6. The van der Waals surface area contributed by atoms with Crippen LogP contribution in [-0.4, -0.2) is 76.1 Å². The monoisotopic (exact) mass is 489 g/mol. The van der Waals surface area contributed by atoms with Crippen LogP contribution in [0.25, 0.3) is 0 Å². The maximum atomic E-state index is 4.60. The van der Waals surface area contributed by atoms with Gasteiger partial charge in [-0.05, 0) is 51.4 Å². The molecule has 0 heterocycles. The molecule has 0 aromatic carbocycles. The van der Waals surface area contributed by atoms with Crippen molar-refractivity contribution in [2.75, 3.05) is 58.9 Å². The molecule has 0 fully saturated rings. The van der Waals surface area contributed by atoms with Gasteiger partial charge in [0.2, 0.25) is 0 Å². The minimum absolute atomic E-state index is 0.956. The minimum Gasteiger partial charge on any atom is -0.267 e. The molecule has 28 heavy (non-hydrogen) atoms. The molecule has 0 aliphatic heterocycles. The van der Waals surface area contributed by atoms with Gasteiger partial charge in [-0.1, -0.05) is 71.0 Å². The Balaban J connectivity index is 3.43. The smallest absolute Gasteiger partial charge is 0.00874 e. The highest BCUT2D eigenvalue weighted by Gasteiger charge is 2.04. The largest absolute Gasteiger partial charge is 0.267 e. The van der Waals surface area contributed by atoms with E-state index < -0.39 is 0 Å². The van der Waals surface area contributed by atoms with Gasteiger partial charge in [0.1, 0.15) is 0 Å². The van der Waals surface area contributed by atoms with E-state index in [0.29, 0.717) is 0 Å². The summed E-state index contributed by atoms with van der Waals surface area (Å²) >= 11 is 22.1. The van der Waals surface area contributed by atoms with E-state index in [1.165, 1.54) is 25.7 Å². The highest BCUT2D eigenvalue weighted by Crippen LogP contribution is 2.07. The fraction of sp³-hybridized carbons (Fsp3) is 1.00. The molecule has 0 aliphatic carbocycles. The molecule has 0 aromatic rings. The number of nitrogens with zero attached hydrogens (tertiary/aromatic N) is 4. The molecule has 0 aliphatic rings. The second kappa shape index (κ2) is 21.8. The second-order valence-electron chi connectivity index (χ2n) is 7.14. The lowest BCUT2D eigenvalue weighted by Crippen LogP contribution is -2.21. The molecule has 1 N–H and O–H groups in total. The molecule has 0 aromatic heterocycles. The van der Waals surface area contributed by atoms with Gasteiger partial charge < -0.3 is 0 Å². The van der Waals surface area contributed by atoms with Gasteiger partial charge in [0.25, 0.3) is 0 Å². The zero-order valence-corrected chi connectivity index (χ0v) is 22.0. The first-order valence-corrected chi connectivity index (χ1v) is 12.7. The second-order valence-corrected chi connectivity index (χ2v) is 9.72. The van der Waals surface area contributed by atoms with Crippen LogP contribution < -0.4 is 4.72 Å². The minimum atomic E-state index is 0.956. The molecule has 0 saturated heterocycles. The molecule has 0 saturated carbocycles. The molecule has 0 bridgehead atoms. The lowest BCUT2D eigenvalue weighted by atomic mass is 10.2. The van der Waals surface area contributed by atoms with Crippen LogP contribution in [0.1, 0.15) is 58.3 Å². The Morgan fingerprint density at radius 2 is 0.786 bits per heavy atom. The van der Waals surface area contributed by atoms with Gasteiger partial charge in [-0.3, -0.25) is 21.9 Å². The standard InChI is InChI=1S/C18H43N5S5/c1-2-20(25)12-5-6-14-22(27)16-9-10-18-23(28)17-8-7-15-21(26)13-4-3-11-19-24/h19,24-28H,2-18H2,1H3. The Morgan fingerprint density at radius 1 is 0.500 bits per heavy atom. The van der Waals surface area contributed by atoms with E-state index in [4.69, 9.17) is 0 Å². The molecule has 0 amide bonds. The van der Waals surface area contributed by atoms with Crippen molar-refractivity contribution >= 4 is 64.1 Å². The van der Waals surface area contributed by atoms with Crippen LogP contribution in [0.3, 0.4) is 0 Å². The topological polar surface area (TPSA) is 25.0 Å². The summed E-state index contributed by atoms with van der Waals surface area (Å²) in [6, 6.07) is 0. The summed E-state index contributed by atoms with van der Waals surface area (Å²) in [5.74, 6) is 0. The van der Waals surface area contributed by atoms with Crippen molar-refractivity contribution in [1.82, 2.24) is 21.9 Å². The maximum absolute atomic E-state index is 4.60. The van der Waals surface area contributed by atoms with E-state index in [9.17, 15) is 0 Å². The summed E-state index contributed by atoms with van der Waals surface area (Å²) in [5.41, 5.74) is 0. The van der Waals surface area contributed by atoms with Crippen molar-refractivity contribution in [3.8, 4) is 0 Å². The molecule has 0 radical (unpaired) electrons. The van der Waals surface area contributed by atoms with E-state index >= 15 is 0 Å².